The van der Waals surface area contributed by atoms with Crippen molar-refractivity contribution < 1.29 is 9.59 Å². The molecule has 0 heterocycles. The maximum Gasteiger partial charge on any atom is 0.178 e. The summed E-state index contributed by atoms with van der Waals surface area (Å²) in [5.41, 5.74) is 0.636. The third-order valence-corrected chi connectivity index (χ3v) is 7.27. The molecule has 0 saturated heterocycles. The van der Waals surface area contributed by atoms with Gasteiger partial charge >= 0.3 is 0 Å². The zero-order chi connectivity index (χ0) is 21.6. The smallest absolute Gasteiger partial charge is 0.178 e. The lowest BCUT2D eigenvalue weighted by atomic mass is 9.61. The number of carbonyl (C=O) groups excluding carboxylic acids is 2. The van der Waals surface area contributed by atoms with Crippen LogP contribution < -0.4 is 0 Å². The van der Waals surface area contributed by atoms with E-state index in [1.807, 2.05) is 42.5 Å². The van der Waals surface area contributed by atoms with Crippen molar-refractivity contribution in [2.24, 2.45) is 17.3 Å². The summed E-state index contributed by atoms with van der Waals surface area (Å²) in [6.45, 7) is 3.97. The number of allylic oxidation sites excluding steroid dienone is 1. The van der Waals surface area contributed by atoms with Crippen LogP contribution in [0.4, 0.5) is 0 Å². The molecule has 3 aromatic carbocycles. The van der Waals surface area contributed by atoms with E-state index < -0.39 is 17.3 Å². The Balaban J connectivity index is 1.78. The van der Waals surface area contributed by atoms with Gasteiger partial charge in [-0.15, -0.1) is 6.58 Å². The zero-order valence-electron chi connectivity index (χ0n) is 17.3. The Labute approximate surface area is 182 Å². The minimum absolute atomic E-state index is 0.0647. The standard InChI is InChI=1S/C28H23NO2/c1-2-18-10-7-15-28(26(30)22-11-5-6-12-23(22)27(28)31)25(24(18)17-29)21-14-13-19-8-3-4-9-20(19)16-21/h2-6,8-9,11-14,16,18,24-25H,1,7,10,15H2/t18-,24-,25+/m0/s1. The predicted molar refractivity (Wildman–Crippen MR) is 121 cm³/mol. The second-order valence-electron chi connectivity index (χ2n) is 8.71. The van der Waals surface area contributed by atoms with E-state index in [0.29, 0.717) is 24.0 Å². The molecule has 1 spiro atoms. The first kappa shape index (κ1) is 19.5. The average Bonchev–Trinajstić information content (AvgIpc) is 2.94. The van der Waals surface area contributed by atoms with Crippen LogP contribution in [0, 0.1) is 28.6 Å². The second-order valence-corrected chi connectivity index (χ2v) is 8.71. The van der Waals surface area contributed by atoms with Crippen LogP contribution >= 0.6 is 0 Å². The number of hydrogen-bond donors (Lipinski definition) is 0. The average molecular weight is 405 g/mol. The molecule has 2 aliphatic carbocycles. The van der Waals surface area contributed by atoms with Gasteiger partial charge in [0.05, 0.1) is 12.0 Å². The van der Waals surface area contributed by atoms with Crippen molar-refractivity contribution in [3.8, 4) is 6.07 Å². The molecule has 0 radical (unpaired) electrons. The van der Waals surface area contributed by atoms with Gasteiger partial charge in [-0.1, -0.05) is 79.2 Å². The maximum atomic E-state index is 13.9. The molecule has 0 N–H and O–H groups in total. The highest BCUT2D eigenvalue weighted by Crippen LogP contribution is 2.57. The van der Waals surface area contributed by atoms with Gasteiger partial charge in [-0.2, -0.15) is 5.26 Å². The largest absolute Gasteiger partial charge is 0.293 e. The van der Waals surface area contributed by atoms with Crippen LogP contribution in [0.5, 0.6) is 0 Å². The summed E-state index contributed by atoms with van der Waals surface area (Å²) in [5, 5.41) is 12.4. The molecule has 0 aliphatic heterocycles. The van der Waals surface area contributed by atoms with Gasteiger partial charge in [0.25, 0.3) is 0 Å². The van der Waals surface area contributed by atoms with Gasteiger partial charge in [-0.25, -0.2) is 0 Å². The van der Waals surface area contributed by atoms with Crippen LogP contribution in [0.1, 0.15) is 51.5 Å². The summed E-state index contributed by atoms with van der Waals surface area (Å²) < 4.78 is 0. The molecule has 3 nitrogen and oxygen atoms in total. The number of Topliss-reactive ketones (excluding diaryl/α,β-unsaturated/α-hetero) is 2. The van der Waals surface area contributed by atoms with E-state index in [2.05, 4.69) is 18.7 Å². The van der Waals surface area contributed by atoms with Gasteiger partial charge in [0.2, 0.25) is 0 Å². The summed E-state index contributed by atoms with van der Waals surface area (Å²) in [4.78, 5) is 27.8. The van der Waals surface area contributed by atoms with Crippen molar-refractivity contribution in [1.82, 2.24) is 0 Å². The van der Waals surface area contributed by atoms with Crippen molar-refractivity contribution >= 4 is 22.3 Å². The molecule has 0 bridgehead atoms. The van der Waals surface area contributed by atoms with Crippen LogP contribution in [-0.4, -0.2) is 11.6 Å². The molecule has 2 aliphatic rings. The van der Waals surface area contributed by atoms with E-state index in [-0.39, 0.29) is 17.5 Å². The van der Waals surface area contributed by atoms with Crippen molar-refractivity contribution in [3.63, 3.8) is 0 Å². The van der Waals surface area contributed by atoms with E-state index in [4.69, 9.17) is 0 Å². The number of benzene rings is 3. The Morgan fingerprint density at radius 1 is 0.935 bits per heavy atom. The fourth-order valence-electron chi connectivity index (χ4n) is 5.81. The number of hydrogen-bond acceptors (Lipinski definition) is 3. The molecule has 3 heteroatoms. The van der Waals surface area contributed by atoms with Crippen LogP contribution in [-0.2, 0) is 0 Å². The molecule has 0 amide bonds. The Morgan fingerprint density at radius 2 is 1.58 bits per heavy atom. The molecule has 0 unspecified atom stereocenters. The van der Waals surface area contributed by atoms with Crippen LogP contribution in [0.25, 0.3) is 10.8 Å². The van der Waals surface area contributed by atoms with Gasteiger partial charge in [-0.3, -0.25) is 9.59 Å². The number of carbonyl (C=O) groups is 2. The van der Waals surface area contributed by atoms with Gasteiger partial charge < -0.3 is 0 Å². The normalized spacial score (nSPS) is 24.5. The molecule has 3 atom stereocenters. The highest BCUT2D eigenvalue weighted by molar-refractivity contribution is 6.30. The first-order chi connectivity index (χ1) is 15.1. The van der Waals surface area contributed by atoms with Gasteiger partial charge in [0.15, 0.2) is 11.6 Å². The molecule has 1 saturated carbocycles. The summed E-state index contributed by atoms with van der Waals surface area (Å²) in [6.07, 6.45) is 3.76. The van der Waals surface area contributed by atoms with Crippen molar-refractivity contribution in [3.05, 3.63) is 96.1 Å². The van der Waals surface area contributed by atoms with Crippen LogP contribution in [0.3, 0.4) is 0 Å². The molecular weight excluding hydrogens is 382 g/mol. The summed E-state index contributed by atoms with van der Waals surface area (Å²) in [5.74, 6) is -1.33. The van der Waals surface area contributed by atoms with E-state index in [0.717, 1.165) is 22.8 Å². The number of nitriles is 1. The topological polar surface area (TPSA) is 57.9 Å². The minimum atomic E-state index is -1.23. The Bertz CT molecular complexity index is 1230. The van der Waals surface area contributed by atoms with E-state index >= 15 is 0 Å². The van der Waals surface area contributed by atoms with Gasteiger partial charge in [0.1, 0.15) is 5.41 Å². The van der Waals surface area contributed by atoms with Gasteiger partial charge in [0, 0.05) is 17.0 Å². The quantitative estimate of drug-likeness (QED) is 0.381. The molecule has 31 heavy (non-hydrogen) atoms. The number of nitrogens with zero attached hydrogens (tertiary/aromatic N) is 1. The summed E-state index contributed by atoms with van der Waals surface area (Å²) in [7, 11) is 0. The van der Waals surface area contributed by atoms with Crippen molar-refractivity contribution in [2.45, 2.75) is 25.2 Å². The lowest BCUT2D eigenvalue weighted by molar-refractivity contribution is 0.0609. The second kappa shape index (κ2) is 7.32. The molecule has 5 rings (SSSR count). The number of fused-ring (bicyclic) bond motifs is 2. The van der Waals surface area contributed by atoms with Crippen molar-refractivity contribution in [1.29, 1.82) is 5.26 Å². The maximum absolute atomic E-state index is 13.9. The molecule has 152 valence electrons. The van der Waals surface area contributed by atoms with E-state index in [1.165, 1.54) is 0 Å². The zero-order valence-corrected chi connectivity index (χ0v) is 17.3. The van der Waals surface area contributed by atoms with E-state index in [9.17, 15) is 14.9 Å². The first-order valence-corrected chi connectivity index (χ1v) is 10.8. The fraction of sp³-hybridized carbons (Fsp3) is 0.250. The van der Waals surface area contributed by atoms with Crippen LogP contribution in [0.15, 0.2) is 79.4 Å². The highest BCUT2D eigenvalue weighted by atomic mass is 16.2. The number of rotatable bonds is 2. The Kier molecular flexibility index (Phi) is 4.59. The van der Waals surface area contributed by atoms with Crippen molar-refractivity contribution in [2.75, 3.05) is 0 Å². The molecule has 0 aromatic heterocycles. The lowest BCUT2D eigenvalue weighted by Crippen LogP contribution is -2.42. The SMILES string of the molecule is C=C[C@H]1CCCC2(C(=O)c3ccccc3C2=O)[C@H](c2ccc3ccccc3c2)[C@H]1C#N. The Morgan fingerprint density at radius 3 is 2.23 bits per heavy atom. The molecule has 3 aromatic rings. The lowest BCUT2D eigenvalue weighted by Gasteiger charge is -2.37. The van der Waals surface area contributed by atoms with Crippen LogP contribution in [0.2, 0.25) is 0 Å². The Hall–Kier alpha value is -3.51. The third kappa shape index (κ3) is 2.72. The third-order valence-electron chi connectivity index (χ3n) is 7.27. The summed E-state index contributed by atoms with van der Waals surface area (Å²) in [6, 6.07) is 23.7. The molecule has 1 fully saturated rings. The van der Waals surface area contributed by atoms with E-state index in [1.54, 1.807) is 24.3 Å². The first-order valence-electron chi connectivity index (χ1n) is 10.8. The minimum Gasteiger partial charge on any atom is -0.293 e. The summed E-state index contributed by atoms with van der Waals surface area (Å²) >= 11 is 0. The monoisotopic (exact) mass is 405 g/mol. The number of ketones is 2. The highest BCUT2D eigenvalue weighted by Gasteiger charge is 2.60. The fourth-order valence-corrected chi connectivity index (χ4v) is 5.81. The predicted octanol–water partition coefficient (Wildman–Crippen LogP) is 6.11. The van der Waals surface area contributed by atoms with Gasteiger partial charge in [-0.05, 0) is 35.1 Å². The molecular formula is C28H23NO2.